The maximum absolute atomic E-state index is 12.8. The van der Waals surface area contributed by atoms with Gasteiger partial charge in [0.05, 0.1) is 4.92 Å². The number of nitro groups is 1. The van der Waals surface area contributed by atoms with Gasteiger partial charge in [-0.2, -0.15) is 0 Å². The van der Waals surface area contributed by atoms with Crippen molar-refractivity contribution in [2.24, 2.45) is 0 Å². The number of benzene rings is 2. The van der Waals surface area contributed by atoms with Gasteiger partial charge in [-0.15, -0.1) is 0 Å². The van der Waals surface area contributed by atoms with Gasteiger partial charge < -0.3 is 10.6 Å². The third-order valence-electron chi connectivity index (χ3n) is 4.81. The summed E-state index contributed by atoms with van der Waals surface area (Å²) in [6.45, 7) is 1.48. The third kappa shape index (κ3) is 4.23. The Morgan fingerprint density at radius 3 is 2.41 bits per heavy atom. The summed E-state index contributed by atoms with van der Waals surface area (Å²) in [7, 11) is 0. The van der Waals surface area contributed by atoms with Crippen molar-refractivity contribution >= 4 is 23.5 Å². The lowest BCUT2D eigenvalue weighted by Gasteiger charge is -2.22. The van der Waals surface area contributed by atoms with Crippen LogP contribution in [0.4, 0.5) is 10.5 Å². The zero-order valence-electron chi connectivity index (χ0n) is 15.8. The van der Waals surface area contributed by atoms with Crippen molar-refractivity contribution in [3.63, 3.8) is 0 Å². The molecule has 1 aliphatic heterocycles. The second kappa shape index (κ2) is 8.09. The van der Waals surface area contributed by atoms with Gasteiger partial charge in [-0.05, 0) is 36.6 Å². The maximum Gasteiger partial charge on any atom is 0.325 e. The fourth-order valence-corrected chi connectivity index (χ4v) is 3.14. The molecule has 2 N–H and O–H groups in total. The number of hydrogen-bond acceptors (Lipinski definition) is 5. The first-order valence-corrected chi connectivity index (χ1v) is 9.01. The van der Waals surface area contributed by atoms with Crippen LogP contribution in [-0.4, -0.2) is 40.8 Å². The van der Waals surface area contributed by atoms with Crippen molar-refractivity contribution in [1.29, 1.82) is 0 Å². The Morgan fingerprint density at radius 1 is 1.14 bits per heavy atom. The van der Waals surface area contributed by atoms with Gasteiger partial charge in [0, 0.05) is 18.7 Å². The Balaban J connectivity index is 1.62. The second-order valence-corrected chi connectivity index (χ2v) is 6.84. The highest BCUT2D eigenvalue weighted by atomic mass is 16.6. The van der Waals surface area contributed by atoms with Gasteiger partial charge in [0.1, 0.15) is 12.1 Å². The Bertz CT molecular complexity index is 945. The number of nitro benzene ring substituents is 1. The van der Waals surface area contributed by atoms with E-state index in [0.29, 0.717) is 18.5 Å². The molecule has 0 radical (unpaired) electrons. The first kappa shape index (κ1) is 20.0. The number of nitrogens with one attached hydrogen (secondary N) is 2. The van der Waals surface area contributed by atoms with E-state index in [4.69, 9.17) is 0 Å². The Labute approximate surface area is 166 Å². The van der Waals surface area contributed by atoms with Crippen molar-refractivity contribution in [3.05, 3.63) is 75.8 Å². The summed E-state index contributed by atoms with van der Waals surface area (Å²) in [6.07, 6.45) is 0.632. The molecule has 1 unspecified atom stereocenters. The fourth-order valence-electron chi connectivity index (χ4n) is 3.14. The van der Waals surface area contributed by atoms with E-state index in [1.807, 2.05) is 30.3 Å². The number of amides is 4. The SMILES string of the molecule is CC1(c2ccc([N+](=O)[O-])cc2)NC(=O)N(CC(=O)NCCc2ccccc2)C1=O. The number of urea groups is 1. The van der Waals surface area contributed by atoms with Crippen LogP contribution < -0.4 is 10.6 Å². The summed E-state index contributed by atoms with van der Waals surface area (Å²) in [5, 5.41) is 16.1. The number of carbonyl (C=O) groups excluding carboxylic acids is 3. The van der Waals surface area contributed by atoms with Gasteiger partial charge in [-0.1, -0.05) is 30.3 Å². The van der Waals surface area contributed by atoms with Crippen LogP contribution in [0.25, 0.3) is 0 Å². The molecule has 0 bridgehead atoms. The molecule has 2 aromatic rings. The normalized spacial score (nSPS) is 18.4. The molecule has 150 valence electrons. The predicted octanol–water partition coefficient (Wildman–Crippen LogP) is 1.72. The van der Waals surface area contributed by atoms with Crippen LogP contribution in [0.1, 0.15) is 18.1 Å². The quantitative estimate of drug-likeness (QED) is 0.419. The van der Waals surface area contributed by atoms with Crippen LogP contribution in [-0.2, 0) is 21.5 Å². The summed E-state index contributed by atoms with van der Waals surface area (Å²) in [5.74, 6) is -1.04. The zero-order chi connectivity index (χ0) is 21.0. The fraction of sp³-hybridized carbons (Fsp3) is 0.250. The minimum Gasteiger partial charge on any atom is -0.354 e. The van der Waals surface area contributed by atoms with Gasteiger partial charge in [-0.3, -0.25) is 24.6 Å². The lowest BCUT2D eigenvalue weighted by molar-refractivity contribution is -0.384. The highest BCUT2D eigenvalue weighted by Gasteiger charge is 2.49. The van der Waals surface area contributed by atoms with E-state index in [2.05, 4.69) is 10.6 Å². The summed E-state index contributed by atoms with van der Waals surface area (Å²) in [5.41, 5.74) is -0.0537. The molecule has 1 aliphatic rings. The molecule has 9 nitrogen and oxygen atoms in total. The van der Waals surface area contributed by atoms with Crippen molar-refractivity contribution in [3.8, 4) is 0 Å². The number of rotatable bonds is 7. The minimum atomic E-state index is -1.39. The molecule has 0 spiro atoms. The molecule has 1 heterocycles. The lowest BCUT2D eigenvalue weighted by atomic mass is 9.92. The standard InChI is InChI=1S/C20H20N4O5/c1-20(15-7-9-16(10-8-15)24(28)29)18(26)23(19(27)22-20)13-17(25)21-12-11-14-5-3-2-4-6-14/h2-10H,11-13H2,1H3,(H,21,25)(H,22,27). The van der Waals surface area contributed by atoms with Crippen molar-refractivity contribution in [2.45, 2.75) is 18.9 Å². The zero-order valence-corrected chi connectivity index (χ0v) is 15.8. The van der Waals surface area contributed by atoms with Crippen LogP contribution in [0, 0.1) is 10.1 Å². The first-order chi connectivity index (χ1) is 13.8. The molecular weight excluding hydrogens is 376 g/mol. The first-order valence-electron chi connectivity index (χ1n) is 9.01. The number of carbonyl (C=O) groups is 3. The molecule has 3 rings (SSSR count). The average molecular weight is 396 g/mol. The van der Waals surface area contributed by atoms with Crippen LogP contribution in [0.15, 0.2) is 54.6 Å². The molecule has 1 fully saturated rings. The Morgan fingerprint density at radius 2 is 1.79 bits per heavy atom. The molecule has 0 aromatic heterocycles. The minimum absolute atomic E-state index is 0.122. The molecule has 4 amide bonds. The lowest BCUT2D eigenvalue weighted by Crippen LogP contribution is -2.43. The van der Waals surface area contributed by atoms with E-state index in [0.717, 1.165) is 10.5 Å². The second-order valence-electron chi connectivity index (χ2n) is 6.84. The molecule has 29 heavy (non-hydrogen) atoms. The number of nitrogens with zero attached hydrogens (tertiary/aromatic N) is 2. The molecule has 1 atom stereocenters. The van der Waals surface area contributed by atoms with Gasteiger partial charge in [-0.25, -0.2) is 4.79 Å². The van der Waals surface area contributed by atoms with E-state index in [-0.39, 0.29) is 5.69 Å². The highest BCUT2D eigenvalue weighted by molar-refractivity contribution is 6.09. The molecule has 0 saturated carbocycles. The summed E-state index contributed by atoms with van der Waals surface area (Å²) >= 11 is 0. The van der Waals surface area contributed by atoms with Crippen molar-refractivity contribution in [2.75, 3.05) is 13.1 Å². The maximum atomic E-state index is 12.8. The van der Waals surface area contributed by atoms with E-state index < -0.39 is 34.9 Å². The van der Waals surface area contributed by atoms with E-state index >= 15 is 0 Å². The summed E-state index contributed by atoms with van der Waals surface area (Å²) in [6, 6.07) is 14.3. The van der Waals surface area contributed by atoms with Crippen molar-refractivity contribution in [1.82, 2.24) is 15.5 Å². The van der Waals surface area contributed by atoms with Crippen LogP contribution in [0.5, 0.6) is 0 Å². The van der Waals surface area contributed by atoms with Gasteiger partial charge in [0.25, 0.3) is 11.6 Å². The van der Waals surface area contributed by atoms with E-state index in [1.54, 1.807) is 0 Å². The van der Waals surface area contributed by atoms with Crippen LogP contribution in [0.2, 0.25) is 0 Å². The van der Waals surface area contributed by atoms with E-state index in [1.165, 1.54) is 31.2 Å². The molecular formula is C20H20N4O5. The Hall–Kier alpha value is -3.75. The number of hydrogen-bond donors (Lipinski definition) is 2. The largest absolute Gasteiger partial charge is 0.354 e. The molecule has 0 aliphatic carbocycles. The third-order valence-corrected chi connectivity index (χ3v) is 4.81. The van der Waals surface area contributed by atoms with Gasteiger partial charge in [0.2, 0.25) is 5.91 Å². The average Bonchev–Trinajstić information content (AvgIpc) is 2.93. The molecule has 2 aromatic carbocycles. The monoisotopic (exact) mass is 396 g/mol. The highest BCUT2D eigenvalue weighted by Crippen LogP contribution is 2.29. The Kier molecular flexibility index (Phi) is 5.58. The molecule has 1 saturated heterocycles. The van der Waals surface area contributed by atoms with Gasteiger partial charge >= 0.3 is 6.03 Å². The van der Waals surface area contributed by atoms with Gasteiger partial charge in [0.15, 0.2) is 0 Å². The van der Waals surface area contributed by atoms with Crippen LogP contribution in [0.3, 0.4) is 0 Å². The van der Waals surface area contributed by atoms with E-state index in [9.17, 15) is 24.5 Å². The summed E-state index contributed by atoms with van der Waals surface area (Å²) in [4.78, 5) is 48.4. The smallest absolute Gasteiger partial charge is 0.325 e. The predicted molar refractivity (Wildman–Crippen MR) is 104 cm³/mol. The number of non-ortho nitro benzene ring substituents is 1. The van der Waals surface area contributed by atoms with Crippen LogP contribution >= 0.6 is 0 Å². The van der Waals surface area contributed by atoms with Crippen molar-refractivity contribution < 1.29 is 19.3 Å². The summed E-state index contributed by atoms with van der Waals surface area (Å²) < 4.78 is 0. The number of imide groups is 1. The topological polar surface area (TPSA) is 122 Å². The molecule has 9 heteroatoms.